The molecule has 7 heteroatoms. The lowest BCUT2D eigenvalue weighted by Crippen LogP contribution is -2.31. The molecule has 0 aliphatic heterocycles. The van der Waals surface area contributed by atoms with E-state index in [9.17, 15) is 8.42 Å². The van der Waals surface area contributed by atoms with E-state index in [-0.39, 0.29) is 11.6 Å². The van der Waals surface area contributed by atoms with Crippen molar-refractivity contribution < 1.29 is 8.42 Å². The first-order valence-corrected chi connectivity index (χ1v) is 7.71. The first kappa shape index (κ1) is 14.5. The van der Waals surface area contributed by atoms with Crippen molar-refractivity contribution >= 4 is 15.7 Å². The smallest absolute Gasteiger partial charge is 0.260 e. The van der Waals surface area contributed by atoms with Crippen molar-refractivity contribution in [3.8, 4) is 0 Å². The van der Waals surface area contributed by atoms with Crippen LogP contribution in [0.3, 0.4) is 0 Å². The Balaban J connectivity index is 2.31. The van der Waals surface area contributed by atoms with Gasteiger partial charge in [-0.25, -0.2) is 8.42 Å². The van der Waals surface area contributed by atoms with Crippen LogP contribution in [0, 0.1) is 0 Å². The normalized spacial score (nSPS) is 11.9. The largest absolute Gasteiger partial charge is 0.399 e. The van der Waals surface area contributed by atoms with Crippen LogP contribution in [-0.4, -0.2) is 29.0 Å². The fraction of sp³-hybridized carbons (Fsp3) is 0.308. The third kappa shape index (κ3) is 2.83. The number of nitrogen functional groups attached to an aromatic ring is 1. The molecule has 0 aliphatic rings. The van der Waals surface area contributed by atoms with Gasteiger partial charge in [0, 0.05) is 25.8 Å². The summed E-state index contributed by atoms with van der Waals surface area (Å²) in [4.78, 5) is 0. The maximum atomic E-state index is 12.6. The van der Waals surface area contributed by atoms with E-state index in [2.05, 4.69) is 5.10 Å². The maximum absolute atomic E-state index is 12.6. The maximum Gasteiger partial charge on any atom is 0.260 e. The highest BCUT2D eigenvalue weighted by Crippen LogP contribution is 2.18. The number of nitrogens with two attached hydrogens (primary N) is 1. The zero-order valence-corrected chi connectivity index (χ0v) is 12.3. The van der Waals surface area contributed by atoms with Crippen LogP contribution in [0.2, 0.25) is 0 Å². The third-order valence-electron chi connectivity index (χ3n) is 3.04. The standard InChI is InChI=1S/C13H18N4O2S/c1-3-17(10-11-5-4-6-12(14)9-11)20(18,19)13-7-8-15-16(13)2/h4-9H,3,10,14H2,1-2H3. The first-order chi connectivity index (χ1) is 9.45. The minimum atomic E-state index is -3.56. The Kier molecular flexibility index (Phi) is 4.10. The number of aromatic nitrogens is 2. The summed E-state index contributed by atoms with van der Waals surface area (Å²) < 4.78 is 27.9. The van der Waals surface area contributed by atoms with Crippen LogP contribution < -0.4 is 5.73 Å². The molecule has 0 aliphatic carbocycles. The predicted molar refractivity (Wildman–Crippen MR) is 77.3 cm³/mol. The van der Waals surface area contributed by atoms with Crippen LogP contribution >= 0.6 is 0 Å². The summed E-state index contributed by atoms with van der Waals surface area (Å²) in [6, 6.07) is 8.72. The molecule has 108 valence electrons. The predicted octanol–water partition coefficient (Wildman–Crippen LogP) is 1.21. The number of hydrogen-bond acceptors (Lipinski definition) is 4. The highest BCUT2D eigenvalue weighted by Gasteiger charge is 2.26. The molecule has 1 aromatic heterocycles. The monoisotopic (exact) mass is 294 g/mol. The molecule has 6 nitrogen and oxygen atoms in total. The van der Waals surface area contributed by atoms with E-state index in [1.165, 1.54) is 21.3 Å². The molecule has 2 aromatic rings. The quantitative estimate of drug-likeness (QED) is 0.841. The minimum absolute atomic E-state index is 0.184. The van der Waals surface area contributed by atoms with Crippen molar-refractivity contribution in [3.63, 3.8) is 0 Å². The van der Waals surface area contributed by atoms with E-state index in [0.29, 0.717) is 12.2 Å². The van der Waals surface area contributed by atoms with Gasteiger partial charge in [0.2, 0.25) is 0 Å². The first-order valence-electron chi connectivity index (χ1n) is 6.27. The van der Waals surface area contributed by atoms with Gasteiger partial charge in [-0.1, -0.05) is 19.1 Å². The highest BCUT2D eigenvalue weighted by molar-refractivity contribution is 7.89. The number of nitrogens with zero attached hydrogens (tertiary/aromatic N) is 3. The molecule has 0 spiro atoms. The molecule has 0 atom stereocenters. The summed E-state index contributed by atoms with van der Waals surface area (Å²) in [6.07, 6.45) is 1.47. The second kappa shape index (κ2) is 5.64. The lowest BCUT2D eigenvalue weighted by molar-refractivity contribution is 0.417. The van der Waals surface area contributed by atoms with Gasteiger partial charge in [-0.3, -0.25) is 4.68 Å². The second-order valence-electron chi connectivity index (χ2n) is 4.47. The van der Waals surface area contributed by atoms with Crippen LogP contribution in [-0.2, 0) is 23.6 Å². The molecule has 0 amide bonds. The third-order valence-corrected chi connectivity index (χ3v) is 5.04. The van der Waals surface area contributed by atoms with Crippen LogP contribution in [0.5, 0.6) is 0 Å². The second-order valence-corrected chi connectivity index (χ2v) is 6.35. The highest BCUT2D eigenvalue weighted by atomic mass is 32.2. The summed E-state index contributed by atoms with van der Waals surface area (Å²) in [6.45, 7) is 2.47. The lowest BCUT2D eigenvalue weighted by atomic mass is 10.2. The average Bonchev–Trinajstić information content (AvgIpc) is 2.83. The van der Waals surface area contributed by atoms with E-state index in [1.54, 1.807) is 26.1 Å². The van der Waals surface area contributed by atoms with Gasteiger partial charge >= 0.3 is 0 Å². The Hall–Kier alpha value is -1.86. The Labute approximate surface area is 118 Å². The Morgan fingerprint density at radius 1 is 1.35 bits per heavy atom. The fourth-order valence-corrected chi connectivity index (χ4v) is 3.55. The molecule has 1 heterocycles. The molecule has 0 radical (unpaired) electrons. The Morgan fingerprint density at radius 3 is 2.65 bits per heavy atom. The number of rotatable bonds is 5. The molecule has 0 saturated carbocycles. The number of sulfonamides is 1. The van der Waals surface area contributed by atoms with Crippen molar-refractivity contribution in [1.82, 2.24) is 14.1 Å². The van der Waals surface area contributed by atoms with E-state index >= 15 is 0 Å². The van der Waals surface area contributed by atoms with Gasteiger partial charge in [0.05, 0.1) is 6.20 Å². The van der Waals surface area contributed by atoms with E-state index in [4.69, 9.17) is 5.73 Å². The minimum Gasteiger partial charge on any atom is -0.399 e. The van der Waals surface area contributed by atoms with E-state index in [0.717, 1.165) is 5.56 Å². The van der Waals surface area contributed by atoms with Crippen molar-refractivity contribution in [2.75, 3.05) is 12.3 Å². The van der Waals surface area contributed by atoms with Crippen molar-refractivity contribution in [2.45, 2.75) is 18.5 Å². The molecule has 1 aromatic carbocycles. The van der Waals surface area contributed by atoms with Gasteiger partial charge in [-0.15, -0.1) is 0 Å². The summed E-state index contributed by atoms with van der Waals surface area (Å²) in [5.41, 5.74) is 7.20. The van der Waals surface area contributed by atoms with E-state index in [1.807, 2.05) is 12.1 Å². The molecule has 0 unspecified atom stereocenters. The topological polar surface area (TPSA) is 81.2 Å². The number of anilines is 1. The molecule has 0 fully saturated rings. The molecule has 0 saturated heterocycles. The van der Waals surface area contributed by atoms with Gasteiger partial charge in [0.1, 0.15) is 0 Å². The van der Waals surface area contributed by atoms with Gasteiger partial charge < -0.3 is 5.73 Å². The molecular formula is C13H18N4O2S. The summed E-state index contributed by atoms with van der Waals surface area (Å²) in [5, 5.41) is 4.10. The Bertz CT molecular complexity index is 694. The van der Waals surface area contributed by atoms with Crippen molar-refractivity contribution in [2.24, 2.45) is 7.05 Å². The average molecular weight is 294 g/mol. The van der Waals surface area contributed by atoms with Crippen LogP contribution in [0.25, 0.3) is 0 Å². The van der Waals surface area contributed by atoms with Gasteiger partial charge in [0.15, 0.2) is 5.03 Å². The summed E-state index contributed by atoms with van der Waals surface area (Å²) in [7, 11) is -1.94. The molecule has 20 heavy (non-hydrogen) atoms. The molecular weight excluding hydrogens is 276 g/mol. The summed E-state index contributed by atoms with van der Waals surface area (Å²) in [5.74, 6) is 0. The number of benzene rings is 1. The zero-order valence-electron chi connectivity index (χ0n) is 11.5. The lowest BCUT2D eigenvalue weighted by Gasteiger charge is -2.20. The van der Waals surface area contributed by atoms with Crippen LogP contribution in [0.15, 0.2) is 41.6 Å². The Morgan fingerprint density at radius 2 is 2.10 bits per heavy atom. The van der Waals surface area contributed by atoms with Gasteiger partial charge in [0.25, 0.3) is 10.0 Å². The summed E-state index contributed by atoms with van der Waals surface area (Å²) >= 11 is 0. The van der Waals surface area contributed by atoms with Gasteiger partial charge in [-0.05, 0) is 23.8 Å². The molecule has 0 bridgehead atoms. The number of hydrogen-bond donors (Lipinski definition) is 1. The molecule has 2 rings (SSSR count). The van der Waals surface area contributed by atoms with E-state index < -0.39 is 10.0 Å². The fourth-order valence-electron chi connectivity index (χ4n) is 2.01. The number of aryl methyl sites for hydroxylation is 1. The van der Waals surface area contributed by atoms with Crippen molar-refractivity contribution in [1.29, 1.82) is 0 Å². The zero-order chi connectivity index (χ0) is 14.8. The van der Waals surface area contributed by atoms with Gasteiger partial charge in [-0.2, -0.15) is 9.40 Å². The van der Waals surface area contributed by atoms with Crippen molar-refractivity contribution in [3.05, 3.63) is 42.1 Å². The van der Waals surface area contributed by atoms with Crippen LogP contribution in [0.1, 0.15) is 12.5 Å². The SMILES string of the molecule is CCN(Cc1cccc(N)c1)S(=O)(=O)c1ccnn1C. The van der Waals surface area contributed by atoms with Crippen LogP contribution in [0.4, 0.5) is 5.69 Å². The molecule has 2 N–H and O–H groups in total.